The number of nitrogens with zero attached hydrogens (tertiary/aromatic N) is 3. The third kappa shape index (κ3) is 3.40. The van der Waals surface area contributed by atoms with E-state index in [0.717, 1.165) is 44.7 Å². The van der Waals surface area contributed by atoms with Gasteiger partial charge in [0, 0.05) is 45.2 Å². The minimum absolute atomic E-state index is 0.262. The second-order valence-electron chi connectivity index (χ2n) is 9.48. The van der Waals surface area contributed by atoms with Crippen molar-refractivity contribution in [3.05, 3.63) is 59.4 Å². The van der Waals surface area contributed by atoms with Crippen LogP contribution in [0.4, 0.5) is 15.8 Å². The lowest BCUT2D eigenvalue weighted by Gasteiger charge is -2.41. The molecule has 0 aromatic heterocycles. The quantitative estimate of drug-likeness (QED) is 0.772. The van der Waals surface area contributed by atoms with Crippen molar-refractivity contribution in [3.8, 4) is 0 Å². The molecular weight excluding hydrogens is 376 g/mol. The molecule has 5 rings (SSSR count). The maximum absolute atomic E-state index is 13.2. The van der Waals surface area contributed by atoms with E-state index < -0.39 is 5.50 Å². The SMILES string of the molecule is BC(O)(CCCN1CC[C@H]2[C@@H](C1)c1cccc3c1N2CCN3C)c1ccc(F)cc1. The van der Waals surface area contributed by atoms with Gasteiger partial charge in [-0.2, -0.15) is 0 Å². The number of rotatable bonds is 5. The minimum atomic E-state index is -0.916. The third-order valence-electron chi connectivity index (χ3n) is 7.49. The van der Waals surface area contributed by atoms with Crippen molar-refractivity contribution in [1.29, 1.82) is 0 Å². The zero-order chi connectivity index (χ0) is 20.9. The van der Waals surface area contributed by atoms with Crippen LogP contribution in [0.5, 0.6) is 0 Å². The first kappa shape index (κ1) is 19.9. The fraction of sp³-hybridized carbons (Fsp3) is 0.500. The van der Waals surface area contributed by atoms with E-state index >= 15 is 0 Å². The normalized spacial score (nSPS) is 25.0. The second-order valence-corrected chi connectivity index (χ2v) is 9.48. The average molecular weight is 407 g/mol. The van der Waals surface area contributed by atoms with Crippen LogP contribution in [-0.2, 0) is 5.50 Å². The van der Waals surface area contributed by atoms with E-state index in [1.165, 1.54) is 35.5 Å². The van der Waals surface area contributed by atoms with E-state index in [9.17, 15) is 9.50 Å². The number of aliphatic hydroxyl groups is 1. The predicted molar refractivity (Wildman–Crippen MR) is 123 cm³/mol. The number of piperidine rings is 1. The van der Waals surface area contributed by atoms with Crippen LogP contribution in [0.15, 0.2) is 42.5 Å². The monoisotopic (exact) mass is 407 g/mol. The van der Waals surface area contributed by atoms with Gasteiger partial charge in [0.15, 0.2) is 0 Å². The molecule has 30 heavy (non-hydrogen) atoms. The predicted octanol–water partition coefficient (Wildman–Crippen LogP) is 2.51. The molecule has 1 fully saturated rings. The molecule has 3 aliphatic heterocycles. The van der Waals surface area contributed by atoms with Crippen molar-refractivity contribution in [2.45, 2.75) is 36.7 Å². The molecule has 3 aliphatic rings. The van der Waals surface area contributed by atoms with Crippen LogP contribution in [0.3, 0.4) is 0 Å². The molecule has 1 saturated heterocycles. The zero-order valence-electron chi connectivity index (χ0n) is 18.0. The van der Waals surface area contributed by atoms with Crippen molar-refractivity contribution in [1.82, 2.24) is 4.90 Å². The Morgan fingerprint density at radius 3 is 2.73 bits per heavy atom. The van der Waals surface area contributed by atoms with Crippen LogP contribution in [0, 0.1) is 5.82 Å². The van der Waals surface area contributed by atoms with Gasteiger partial charge in [0.1, 0.15) is 13.7 Å². The number of likely N-dealkylation sites (N-methyl/N-ethyl adjacent to an activating group) is 1. The van der Waals surface area contributed by atoms with Gasteiger partial charge < -0.3 is 19.8 Å². The highest BCUT2D eigenvalue weighted by atomic mass is 19.1. The first-order valence-electron chi connectivity index (χ1n) is 11.3. The van der Waals surface area contributed by atoms with Gasteiger partial charge in [0.25, 0.3) is 0 Å². The molecule has 0 amide bonds. The van der Waals surface area contributed by atoms with Gasteiger partial charge in [0.05, 0.1) is 16.9 Å². The number of anilines is 2. The summed E-state index contributed by atoms with van der Waals surface area (Å²) in [4.78, 5) is 7.64. The number of hydrogen-bond donors (Lipinski definition) is 1. The standard InChI is InChI=1S/C24H31BFN3O/c1-27-14-15-29-21-10-13-28(16-20(21)19-4-2-5-22(27)23(19)29)12-3-11-24(25,30)17-6-8-18(26)9-7-17/h2,4-9,20-21,30H,3,10-16,25H2,1H3/t20-,21-,24?/m0/s1. The van der Waals surface area contributed by atoms with E-state index in [4.69, 9.17) is 0 Å². The van der Waals surface area contributed by atoms with Crippen LogP contribution in [0.2, 0.25) is 0 Å². The Balaban J connectivity index is 1.23. The topological polar surface area (TPSA) is 30.0 Å². The summed E-state index contributed by atoms with van der Waals surface area (Å²) in [5.41, 5.74) is 4.25. The summed E-state index contributed by atoms with van der Waals surface area (Å²) in [6.07, 6.45) is 2.82. The molecule has 0 spiro atoms. The molecule has 1 unspecified atom stereocenters. The van der Waals surface area contributed by atoms with Crippen LogP contribution >= 0.6 is 0 Å². The van der Waals surface area contributed by atoms with Gasteiger partial charge >= 0.3 is 0 Å². The van der Waals surface area contributed by atoms with Gasteiger partial charge in [-0.3, -0.25) is 0 Å². The first-order chi connectivity index (χ1) is 14.4. The smallest absolute Gasteiger partial charge is 0.148 e. The Kier molecular flexibility index (Phi) is 5.02. The Bertz CT molecular complexity index is 919. The number of fused-ring (bicyclic) bond motifs is 3. The number of halogens is 1. The number of hydrogen-bond acceptors (Lipinski definition) is 4. The van der Waals surface area contributed by atoms with E-state index in [1.807, 2.05) is 7.85 Å². The van der Waals surface area contributed by atoms with Gasteiger partial charge in [-0.25, -0.2) is 4.39 Å². The third-order valence-corrected chi connectivity index (χ3v) is 7.49. The molecule has 0 radical (unpaired) electrons. The van der Waals surface area contributed by atoms with Crippen molar-refractivity contribution in [2.24, 2.45) is 0 Å². The fourth-order valence-electron chi connectivity index (χ4n) is 5.78. The highest BCUT2D eigenvalue weighted by Gasteiger charge is 2.44. The maximum atomic E-state index is 13.2. The Hall–Kier alpha value is -2.05. The molecule has 1 N–H and O–H groups in total. The average Bonchev–Trinajstić information content (AvgIpc) is 3.05. The number of benzene rings is 2. The van der Waals surface area contributed by atoms with Crippen molar-refractivity contribution < 1.29 is 9.50 Å². The van der Waals surface area contributed by atoms with Crippen molar-refractivity contribution in [2.75, 3.05) is 49.6 Å². The zero-order valence-corrected chi connectivity index (χ0v) is 18.0. The largest absolute Gasteiger partial charge is 0.395 e. The number of para-hydroxylation sites is 1. The Labute approximate surface area is 179 Å². The van der Waals surface area contributed by atoms with Crippen LogP contribution in [0.1, 0.15) is 36.3 Å². The number of likely N-dealkylation sites (tertiary alicyclic amines) is 1. The summed E-state index contributed by atoms with van der Waals surface area (Å²) in [7, 11) is 4.04. The van der Waals surface area contributed by atoms with E-state index in [-0.39, 0.29) is 5.82 Å². The molecule has 0 aliphatic carbocycles. The molecule has 0 saturated carbocycles. The highest BCUT2D eigenvalue weighted by Crippen LogP contribution is 2.50. The lowest BCUT2D eigenvalue weighted by molar-refractivity contribution is 0.105. The lowest BCUT2D eigenvalue weighted by Crippen LogP contribution is -2.49. The van der Waals surface area contributed by atoms with Crippen LogP contribution in [-0.4, -0.2) is 63.7 Å². The molecule has 2 aromatic rings. The molecule has 0 bridgehead atoms. The second kappa shape index (κ2) is 7.58. The van der Waals surface area contributed by atoms with Crippen molar-refractivity contribution >= 4 is 19.2 Å². The van der Waals surface area contributed by atoms with Gasteiger partial charge in [0.2, 0.25) is 0 Å². The molecular formula is C24H31BFN3O. The molecule has 3 heterocycles. The molecule has 158 valence electrons. The summed E-state index contributed by atoms with van der Waals surface area (Å²) >= 11 is 0. The van der Waals surface area contributed by atoms with E-state index in [2.05, 4.69) is 39.9 Å². The van der Waals surface area contributed by atoms with E-state index in [0.29, 0.717) is 18.4 Å². The van der Waals surface area contributed by atoms with Gasteiger partial charge in [-0.05, 0) is 55.1 Å². The van der Waals surface area contributed by atoms with Gasteiger partial charge in [-0.15, -0.1) is 0 Å². The van der Waals surface area contributed by atoms with Crippen LogP contribution < -0.4 is 9.80 Å². The van der Waals surface area contributed by atoms with Crippen LogP contribution in [0.25, 0.3) is 0 Å². The Morgan fingerprint density at radius 1 is 1.13 bits per heavy atom. The minimum Gasteiger partial charge on any atom is -0.395 e. The maximum Gasteiger partial charge on any atom is 0.148 e. The summed E-state index contributed by atoms with van der Waals surface area (Å²) < 4.78 is 13.2. The van der Waals surface area contributed by atoms with Gasteiger partial charge in [-0.1, -0.05) is 24.3 Å². The summed E-state index contributed by atoms with van der Waals surface area (Å²) in [5.74, 6) is 0.319. The van der Waals surface area contributed by atoms with E-state index in [1.54, 1.807) is 12.1 Å². The fourth-order valence-corrected chi connectivity index (χ4v) is 5.78. The summed E-state index contributed by atoms with van der Waals surface area (Å²) in [6, 6.07) is 13.7. The summed E-state index contributed by atoms with van der Waals surface area (Å²) in [6.45, 7) is 5.44. The lowest BCUT2D eigenvalue weighted by atomic mass is 9.72. The summed E-state index contributed by atoms with van der Waals surface area (Å²) in [5, 5.41) is 10.9. The molecule has 3 atom stereocenters. The highest BCUT2D eigenvalue weighted by molar-refractivity contribution is 6.14. The van der Waals surface area contributed by atoms with Crippen molar-refractivity contribution in [3.63, 3.8) is 0 Å². The molecule has 2 aromatic carbocycles. The Morgan fingerprint density at radius 2 is 1.93 bits per heavy atom. The molecule has 4 nitrogen and oxygen atoms in total. The molecule has 6 heteroatoms. The first-order valence-corrected chi connectivity index (χ1v) is 11.3.